The van der Waals surface area contributed by atoms with Gasteiger partial charge in [0, 0.05) is 16.7 Å². The quantitative estimate of drug-likeness (QED) is 0.403. The molecule has 0 aliphatic heterocycles. The molecule has 0 aliphatic carbocycles. The molecule has 0 heterocycles. The number of ketones is 1. The van der Waals surface area contributed by atoms with Gasteiger partial charge in [0.25, 0.3) is 0 Å². The first kappa shape index (κ1) is 14.3. The third kappa shape index (κ3) is 3.46. The highest BCUT2D eigenvalue weighted by Gasteiger charge is 2.13. The minimum atomic E-state index is -0.125. The lowest BCUT2D eigenvalue weighted by Crippen LogP contribution is -2.06. The van der Waals surface area contributed by atoms with Crippen molar-refractivity contribution in [2.24, 2.45) is 0 Å². The van der Waals surface area contributed by atoms with E-state index < -0.39 is 0 Å². The Balaban J connectivity index is 5.52. The summed E-state index contributed by atoms with van der Waals surface area (Å²) in [6.45, 7) is 10.7. The monoisotopic (exact) mass is 218 g/mol. The molecule has 0 radical (unpaired) electrons. The van der Waals surface area contributed by atoms with Crippen LogP contribution in [-0.2, 0) is 9.59 Å². The van der Waals surface area contributed by atoms with E-state index in [0.29, 0.717) is 23.0 Å². The van der Waals surface area contributed by atoms with Gasteiger partial charge in [-0.25, -0.2) is 0 Å². The van der Waals surface area contributed by atoms with Gasteiger partial charge >= 0.3 is 0 Å². The SMILES string of the molecule is C=C/C(C=O)=C(\C)C(=O)C(/C=C\C)=C(C)C. The van der Waals surface area contributed by atoms with Crippen molar-refractivity contribution in [3.8, 4) is 0 Å². The molecule has 0 saturated heterocycles. The second kappa shape index (κ2) is 6.72. The number of allylic oxidation sites excluding steroid dienone is 7. The van der Waals surface area contributed by atoms with Crippen molar-refractivity contribution in [1.29, 1.82) is 0 Å². The van der Waals surface area contributed by atoms with Crippen LogP contribution in [-0.4, -0.2) is 12.1 Å². The zero-order chi connectivity index (χ0) is 12.7. The lowest BCUT2D eigenvalue weighted by atomic mass is 9.97. The average molecular weight is 218 g/mol. The van der Waals surface area contributed by atoms with Gasteiger partial charge in [0.15, 0.2) is 5.78 Å². The standard InChI is InChI=1S/C14H18O2/c1-6-8-13(10(3)4)14(16)11(5)12(7-2)9-15/h6-9H,2H2,1,3-5H3/b8-6-,12-11-. The lowest BCUT2D eigenvalue weighted by molar-refractivity contribution is -0.112. The Morgan fingerprint density at radius 2 is 1.75 bits per heavy atom. The van der Waals surface area contributed by atoms with Crippen molar-refractivity contribution < 1.29 is 9.59 Å². The molecule has 0 atom stereocenters. The van der Waals surface area contributed by atoms with Crippen molar-refractivity contribution in [2.75, 3.05) is 0 Å². The topological polar surface area (TPSA) is 34.1 Å². The summed E-state index contributed by atoms with van der Waals surface area (Å²) >= 11 is 0. The van der Waals surface area contributed by atoms with E-state index in [9.17, 15) is 9.59 Å². The summed E-state index contributed by atoms with van der Waals surface area (Å²) < 4.78 is 0. The smallest absolute Gasteiger partial charge is 0.189 e. The molecule has 0 N–H and O–H groups in total. The van der Waals surface area contributed by atoms with Crippen LogP contribution in [0.15, 0.2) is 47.1 Å². The van der Waals surface area contributed by atoms with E-state index in [2.05, 4.69) is 6.58 Å². The molecule has 16 heavy (non-hydrogen) atoms. The van der Waals surface area contributed by atoms with Crippen LogP contribution in [0.2, 0.25) is 0 Å². The summed E-state index contributed by atoms with van der Waals surface area (Å²) in [5.74, 6) is -0.125. The van der Waals surface area contributed by atoms with Crippen LogP contribution < -0.4 is 0 Å². The molecular formula is C14H18O2. The first-order valence-corrected chi connectivity index (χ1v) is 5.12. The van der Waals surface area contributed by atoms with Gasteiger partial charge in [0.1, 0.15) is 6.29 Å². The summed E-state index contributed by atoms with van der Waals surface area (Å²) in [6.07, 6.45) is 5.62. The summed E-state index contributed by atoms with van der Waals surface area (Å²) in [7, 11) is 0. The number of rotatable bonds is 5. The minimum absolute atomic E-state index is 0.125. The van der Waals surface area contributed by atoms with Crippen molar-refractivity contribution in [2.45, 2.75) is 27.7 Å². The number of carbonyl (C=O) groups is 2. The van der Waals surface area contributed by atoms with E-state index in [0.717, 1.165) is 5.57 Å². The van der Waals surface area contributed by atoms with Gasteiger partial charge in [0.2, 0.25) is 0 Å². The van der Waals surface area contributed by atoms with Gasteiger partial charge in [-0.05, 0) is 27.7 Å². The highest BCUT2D eigenvalue weighted by Crippen LogP contribution is 2.15. The fourth-order valence-electron chi connectivity index (χ4n) is 1.26. The zero-order valence-corrected chi connectivity index (χ0v) is 10.3. The molecule has 0 amide bonds. The molecule has 2 nitrogen and oxygen atoms in total. The predicted octanol–water partition coefficient (Wildman–Crippen LogP) is 3.17. The Bertz CT molecular complexity index is 379. The number of hydrogen-bond donors (Lipinski definition) is 0. The highest BCUT2D eigenvalue weighted by molar-refractivity contribution is 6.13. The molecule has 0 rings (SSSR count). The fourth-order valence-corrected chi connectivity index (χ4v) is 1.26. The second-order valence-corrected chi connectivity index (χ2v) is 3.65. The van der Waals surface area contributed by atoms with Crippen LogP contribution in [0, 0.1) is 0 Å². The first-order valence-electron chi connectivity index (χ1n) is 5.12. The molecule has 0 fully saturated rings. The van der Waals surface area contributed by atoms with E-state index in [-0.39, 0.29) is 5.78 Å². The third-order valence-electron chi connectivity index (χ3n) is 2.24. The maximum absolute atomic E-state index is 12.1. The van der Waals surface area contributed by atoms with Crippen LogP contribution >= 0.6 is 0 Å². The number of aldehydes is 1. The Labute approximate surface area is 97.0 Å². The summed E-state index contributed by atoms with van der Waals surface area (Å²) in [5, 5.41) is 0. The Kier molecular flexibility index (Phi) is 6.01. The predicted molar refractivity (Wildman–Crippen MR) is 67.2 cm³/mol. The molecule has 0 unspecified atom stereocenters. The van der Waals surface area contributed by atoms with Crippen LogP contribution in [0.25, 0.3) is 0 Å². The van der Waals surface area contributed by atoms with Gasteiger partial charge < -0.3 is 0 Å². The van der Waals surface area contributed by atoms with Crippen LogP contribution in [0.3, 0.4) is 0 Å². The summed E-state index contributed by atoms with van der Waals surface area (Å²) in [6, 6.07) is 0. The average Bonchev–Trinajstić information content (AvgIpc) is 2.26. The largest absolute Gasteiger partial charge is 0.298 e. The van der Waals surface area contributed by atoms with Gasteiger partial charge in [0.05, 0.1) is 0 Å². The normalized spacial score (nSPS) is 12.0. The van der Waals surface area contributed by atoms with Crippen molar-refractivity contribution in [3.63, 3.8) is 0 Å². The molecule has 0 aliphatic rings. The van der Waals surface area contributed by atoms with Crippen molar-refractivity contribution in [3.05, 3.63) is 47.1 Å². The van der Waals surface area contributed by atoms with Crippen LogP contribution in [0.4, 0.5) is 0 Å². The fraction of sp³-hybridized carbons (Fsp3) is 0.286. The van der Waals surface area contributed by atoms with Crippen molar-refractivity contribution >= 4 is 12.1 Å². The zero-order valence-electron chi connectivity index (χ0n) is 10.3. The van der Waals surface area contributed by atoms with Crippen LogP contribution in [0.5, 0.6) is 0 Å². The second-order valence-electron chi connectivity index (χ2n) is 3.65. The Hall–Kier alpha value is -1.70. The number of Topliss-reactive ketones (excluding diaryl/α,β-unsaturated/α-hetero) is 1. The van der Waals surface area contributed by atoms with E-state index in [1.807, 2.05) is 26.8 Å². The highest BCUT2D eigenvalue weighted by atomic mass is 16.1. The molecule has 2 heteroatoms. The Morgan fingerprint density at radius 1 is 1.19 bits per heavy atom. The molecule has 0 saturated carbocycles. The molecule has 0 bridgehead atoms. The van der Waals surface area contributed by atoms with E-state index in [1.165, 1.54) is 6.08 Å². The van der Waals surface area contributed by atoms with Gasteiger partial charge in [-0.1, -0.05) is 30.4 Å². The summed E-state index contributed by atoms with van der Waals surface area (Å²) in [5.41, 5.74) is 2.32. The molecule has 86 valence electrons. The van der Waals surface area contributed by atoms with Gasteiger partial charge in [-0.2, -0.15) is 0 Å². The van der Waals surface area contributed by atoms with Crippen molar-refractivity contribution in [1.82, 2.24) is 0 Å². The molecular weight excluding hydrogens is 200 g/mol. The van der Waals surface area contributed by atoms with E-state index >= 15 is 0 Å². The molecule has 0 aromatic rings. The number of hydrogen-bond acceptors (Lipinski definition) is 2. The molecule has 0 spiro atoms. The Morgan fingerprint density at radius 3 is 2.06 bits per heavy atom. The van der Waals surface area contributed by atoms with E-state index in [4.69, 9.17) is 0 Å². The third-order valence-corrected chi connectivity index (χ3v) is 2.24. The summed E-state index contributed by atoms with van der Waals surface area (Å²) in [4.78, 5) is 22.8. The maximum atomic E-state index is 12.1. The van der Waals surface area contributed by atoms with E-state index in [1.54, 1.807) is 13.0 Å². The minimum Gasteiger partial charge on any atom is -0.298 e. The van der Waals surface area contributed by atoms with Gasteiger partial charge in [-0.3, -0.25) is 9.59 Å². The van der Waals surface area contributed by atoms with Gasteiger partial charge in [-0.15, -0.1) is 0 Å². The molecule has 0 aromatic carbocycles. The lowest BCUT2D eigenvalue weighted by Gasteiger charge is -2.06. The molecule has 0 aromatic heterocycles. The van der Waals surface area contributed by atoms with Crippen LogP contribution in [0.1, 0.15) is 27.7 Å². The number of carbonyl (C=O) groups excluding carboxylic acids is 2. The first-order chi connectivity index (χ1) is 7.49. The maximum Gasteiger partial charge on any atom is 0.189 e.